The molecule has 1 heterocycles. The molecular formula is C10H9ClF3NO2. The molecule has 1 N–H and O–H groups in total. The summed E-state index contributed by atoms with van der Waals surface area (Å²) in [6.07, 6.45) is -4.70. The predicted molar refractivity (Wildman–Crippen MR) is 55.4 cm³/mol. The second kappa shape index (κ2) is 4.62. The summed E-state index contributed by atoms with van der Waals surface area (Å²) < 4.78 is 45.1. The van der Waals surface area contributed by atoms with E-state index < -0.39 is 12.1 Å². The molecule has 1 aromatic carbocycles. The van der Waals surface area contributed by atoms with Crippen molar-refractivity contribution in [2.24, 2.45) is 0 Å². The van der Waals surface area contributed by atoms with Crippen LogP contribution in [-0.2, 0) is 0 Å². The lowest BCUT2D eigenvalue weighted by molar-refractivity contribution is -0.274. The van der Waals surface area contributed by atoms with Gasteiger partial charge in [0.15, 0.2) is 0 Å². The minimum Gasteiger partial charge on any atom is -0.488 e. The second-order valence-electron chi connectivity index (χ2n) is 3.54. The van der Waals surface area contributed by atoms with E-state index in [0.717, 1.165) is 19.2 Å². The third kappa shape index (κ3) is 3.41. The van der Waals surface area contributed by atoms with Gasteiger partial charge >= 0.3 is 6.36 Å². The molecule has 0 bridgehead atoms. The maximum atomic E-state index is 12.0. The van der Waals surface area contributed by atoms with Crippen molar-refractivity contribution >= 4 is 11.6 Å². The standard InChI is InChI=1S/C10H9ClF3NO2/c11-8-3-6(16-7-4-15-5-7)1-2-9(8)17-10(12,13)14/h1-3,7,15H,4-5H2. The van der Waals surface area contributed by atoms with Crippen LogP contribution in [0.4, 0.5) is 13.2 Å². The first-order chi connectivity index (χ1) is 7.94. The molecule has 2 rings (SSSR count). The van der Waals surface area contributed by atoms with E-state index in [-0.39, 0.29) is 11.1 Å². The molecule has 1 aromatic rings. The quantitative estimate of drug-likeness (QED) is 0.913. The number of ether oxygens (including phenoxy) is 2. The number of alkyl halides is 3. The third-order valence-electron chi connectivity index (χ3n) is 2.18. The van der Waals surface area contributed by atoms with E-state index in [2.05, 4.69) is 10.1 Å². The SMILES string of the molecule is FC(F)(F)Oc1ccc(OC2CNC2)cc1Cl. The normalized spacial score (nSPS) is 16.5. The van der Waals surface area contributed by atoms with Crippen molar-refractivity contribution in [3.8, 4) is 11.5 Å². The van der Waals surface area contributed by atoms with Crippen LogP contribution in [0.5, 0.6) is 11.5 Å². The van der Waals surface area contributed by atoms with Gasteiger partial charge in [0.25, 0.3) is 0 Å². The van der Waals surface area contributed by atoms with Crippen LogP contribution >= 0.6 is 11.6 Å². The fraction of sp³-hybridized carbons (Fsp3) is 0.400. The summed E-state index contributed by atoms with van der Waals surface area (Å²) in [4.78, 5) is 0. The van der Waals surface area contributed by atoms with Gasteiger partial charge in [-0.1, -0.05) is 11.6 Å². The first-order valence-electron chi connectivity index (χ1n) is 4.87. The highest BCUT2D eigenvalue weighted by Gasteiger charge is 2.32. The first-order valence-corrected chi connectivity index (χ1v) is 5.24. The van der Waals surface area contributed by atoms with E-state index >= 15 is 0 Å². The smallest absolute Gasteiger partial charge is 0.488 e. The van der Waals surface area contributed by atoms with E-state index in [4.69, 9.17) is 16.3 Å². The zero-order valence-corrected chi connectivity index (χ0v) is 9.31. The van der Waals surface area contributed by atoms with Crippen molar-refractivity contribution in [3.05, 3.63) is 23.2 Å². The molecule has 94 valence electrons. The average molecular weight is 268 g/mol. The molecule has 0 radical (unpaired) electrons. The molecule has 0 amide bonds. The van der Waals surface area contributed by atoms with Crippen molar-refractivity contribution in [1.29, 1.82) is 0 Å². The van der Waals surface area contributed by atoms with E-state index in [1.807, 2.05) is 0 Å². The van der Waals surface area contributed by atoms with Crippen LogP contribution in [0.1, 0.15) is 0 Å². The average Bonchev–Trinajstić information content (AvgIpc) is 2.14. The molecule has 0 atom stereocenters. The van der Waals surface area contributed by atoms with E-state index in [1.54, 1.807) is 0 Å². The molecule has 3 nitrogen and oxygen atoms in total. The lowest BCUT2D eigenvalue weighted by atomic mass is 10.2. The minimum atomic E-state index is -4.75. The van der Waals surface area contributed by atoms with Crippen molar-refractivity contribution < 1.29 is 22.6 Å². The van der Waals surface area contributed by atoms with Crippen LogP contribution in [0, 0.1) is 0 Å². The fourth-order valence-corrected chi connectivity index (χ4v) is 1.51. The number of nitrogens with one attached hydrogen (secondary N) is 1. The van der Waals surface area contributed by atoms with E-state index in [1.165, 1.54) is 12.1 Å². The van der Waals surface area contributed by atoms with E-state index in [9.17, 15) is 13.2 Å². The Morgan fingerprint density at radius 3 is 2.47 bits per heavy atom. The van der Waals surface area contributed by atoms with Crippen LogP contribution in [0.3, 0.4) is 0 Å². The Bertz CT molecular complexity index is 407. The molecule has 0 saturated carbocycles. The highest BCUT2D eigenvalue weighted by atomic mass is 35.5. The van der Waals surface area contributed by atoms with Gasteiger partial charge in [-0.15, -0.1) is 13.2 Å². The second-order valence-corrected chi connectivity index (χ2v) is 3.95. The van der Waals surface area contributed by atoms with Gasteiger partial charge in [-0.05, 0) is 12.1 Å². The van der Waals surface area contributed by atoms with Gasteiger partial charge in [-0.3, -0.25) is 0 Å². The van der Waals surface area contributed by atoms with Gasteiger partial charge in [0, 0.05) is 19.2 Å². The topological polar surface area (TPSA) is 30.5 Å². The Morgan fingerprint density at radius 1 is 1.29 bits per heavy atom. The van der Waals surface area contributed by atoms with Gasteiger partial charge in [0.1, 0.15) is 17.6 Å². The summed E-state index contributed by atoms with van der Waals surface area (Å²) in [6, 6.07) is 3.84. The number of benzene rings is 1. The summed E-state index contributed by atoms with van der Waals surface area (Å²) in [5.74, 6) is -0.00530. The Labute approximate surface area is 100 Å². The molecule has 0 aromatic heterocycles. The molecule has 1 fully saturated rings. The first kappa shape index (κ1) is 12.3. The van der Waals surface area contributed by atoms with Crippen molar-refractivity contribution in [2.45, 2.75) is 12.5 Å². The Balaban J connectivity index is 2.05. The van der Waals surface area contributed by atoms with Gasteiger partial charge in [-0.25, -0.2) is 0 Å². The van der Waals surface area contributed by atoms with Crippen LogP contribution in [0.15, 0.2) is 18.2 Å². The van der Waals surface area contributed by atoms with Gasteiger partial charge < -0.3 is 14.8 Å². The summed E-state index contributed by atoms with van der Waals surface area (Å²) in [5.41, 5.74) is 0. The highest BCUT2D eigenvalue weighted by Crippen LogP contribution is 2.33. The minimum absolute atomic E-state index is 0.0421. The van der Waals surface area contributed by atoms with Gasteiger partial charge in [-0.2, -0.15) is 0 Å². The molecule has 7 heteroatoms. The fourth-order valence-electron chi connectivity index (χ4n) is 1.30. The highest BCUT2D eigenvalue weighted by molar-refractivity contribution is 6.32. The van der Waals surface area contributed by atoms with Crippen molar-refractivity contribution in [3.63, 3.8) is 0 Å². The monoisotopic (exact) mass is 267 g/mol. The third-order valence-corrected chi connectivity index (χ3v) is 2.47. The lowest BCUT2D eigenvalue weighted by Crippen LogP contribution is -2.50. The van der Waals surface area contributed by atoms with Crippen LogP contribution < -0.4 is 14.8 Å². The maximum Gasteiger partial charge on any atom is 0.573 e. The predicted octanol–water partition coefficient (Wildman–Crippen LogP) is 2.59. The van der Waals surface area contributed by atoms with Crippen LogP contribution in [0.25, 0.3) is 0 Å². The lowest BCUT2D eigenvalue weighted by Gasteiger charge is -2.27. The Kier molecular flexibility index (Phi) is 3.35. The Morgan fingerprint density at radius 2 is 2.00 bits per heavy atom. The number of hydrogen-bond acceptors (Lipinski definition) is 3. The maximum absolute atomic E-state index is 12.0. The summed E-state index contributed by atoms with van der Waals surface area (Å²) in [7, 11) is 0. The summed E-state index contributed by atoms with van der Waals surface area (Å²) in [5, 5.41) is 2.87. The molecular weight excluding hydrogens is 259 g/mol. The largest absolute Gasteiger partial charge is 0.573 e. The van der Waals surface area contributed by atoms with Gasteiger partial charge in [0.05, 0.1) is 5.02 Å². The van der Waals surface area contributed by atoms with Crippen molar-refractivity contribution in [2.75, 3.05) is 13.1 Å². The summed E-state index contributed by atoms with van der Waals surface area (Å²) in [6.45, 7) is 1.44. The number of halogens is 4. The molecule has 1 saturated heterocycles. The molecule has 0 aliphatic carbocycles. The molecule has 0 unspecified atom stereocenters. The van der Waals surface area contributed by atoms with Crippen LogP contribution in [0.2, 0.25) is 5.02 Å². The number of rotatable bonds is 3. The number of hydrogen-bond donors (Lipinski definition) is 1. The zero-order chi connectivity index (χ0) is 12.5. The van der Waals surface area contributed by atoms with E-state index in [0.29, 0.717) is 5.75 Å². The van der Waals surface area contributed by atoms with Gasteiger partial charge in [0.2, 0.25) is 0 Å². The molecule has 17 heavy (non-hydrogen) atoms. The molecule has 0 spiro atoms. The van der Waals surface area contributed by atoms with Crippen LogP contribution in [-0.4, -0.2) is 25.6 Å². The molecule has 1 aliphatic rings. The molecule has 1 aliphatic heterocycles. The van der Waals surface area contributed by atoms with Crippen molar-refractivity contribution in [1.82, 2.24) is 5.32 Å². The Hall–Kier alpha value is -1.14. The summed E-state index contributed by atoms with van der Waals surface area (Å²) >= 11 is 5.66. The zero-order valence-electron chi connectivity index (χ0n) is 8.55.